The molecule has 1 atom stereocenters. The van der Waals surface area contributed by atoms with Gasteiger partial charge in [-0.2, -0.15) is 0 Å². The fraction of sp³-hybridized carbons (Fsp3) is 0.368. The molecule has 0 bridgehead atoms. The number of aryl methyl sites for hydroxylation is 2. The van der Waals surface area contributed by atoms with Crippen LogP contribution in [-0.2, 0) is 25.7 Å². The topological polar surface area (TPSA) is 52.5 Å². The van der Waals surface area contributed by atoms with Gasteiger partial charge >= 0.3 is 0 Å². The quantitative estimate of drug-likeness (QED) is 0.747. The van der Waals surface area contributed by atoms with Crippen molar-refractivity contribution in [3.63, 3.8) is 0 Å². The lowest BCUT2D eigenvalue weighted by Gasteiger charge is -2.23. The molecule has 2 aliphatic carbocycles. The number of halogens is 1. The van der Waals surface area contributed by atoms with E-state index in [9.17, 15) is 3.89 Å². The summed E-state index contributed by atoms with van der Waals surface area (Å²) in [5.41, 5.74) is 9.96. The van der Waals surface area contributed by atoms with Gasteiger partial charge in [-0.15, -0.1) is 3.89 Å². The van der Waals surface area contributed by atoms with Gasteiger partial charge in [0.25, 0.3) is 0 Å². The van der Waals surface area contributed by atoms with E-state index < -0.39 is 6.29 Å². The fourth-order valence-corrected chi connectivity index (χ4v) is 5.32. The molecule has 1 aromatic carbocycles. The third-order valence-electron chi connectivity index (χ3n) is 5.34. The van der Waals surface area contributed by atoms with Crippen molar-refractivity contribution in [2.75, 3.05) is 5.32 Å². The zero-order chi connectivity index (χ0) is 18.2. The summed E-state index contributed by atoms with van der Waals surface area (Å²) in [6.45, 7) is 0. The zero-order valence-corrected chi connectivity index (χ0v) is 16.4. The highest BCUT2D eigenvalue weighted by atomic mass is 32.2. The van der Waals surface area contributed by atoms with Crippen LogP contribution in [0.25, 0.3) is 0 Å². The van der Waals surface area contributed by atoms with Crippen LogP contribution in [0.5, 0.6) is 0 Å². The smallest absolute Gasteiger partial charge is 0.208 e. The van der Waals surface area contributed by atoms with E-state index in [0.29, 0.717) is 5.17 Å². The van der Waals surface area contributed by atoms with Crippen molar-refractivity contribution in [1.29, 1.82) is 0 Å². The Hall–Kier alpha value is -1.77. The number of hydrazine groups is 1. The Morgan fingerprint density at radius 2 is 1.93 bits per heavy atom. The first-order valence-corrected chi connectivity index (χ1v) is 10.7. The number of anilines is 1. The number of pyridine rings is 1. The Bertz CT molecular complexity index is 857. The Morgan fingerprint density at radius 1 is 1.15 bits per heavy atom. The minimum absolute atomic E-state index is 0.157. The number of aliphatic imine (C=N–C) groups is 1. The highest BCUT2D eigenvalue weighted by molar-refractivity contribution is 8.14. The van der Waals surface area contributed by atoms with Gasteiger partial charge < -0.3 is 5.32 Å². The Kier molecular flexibility index (Phi) is 4.71. The summed E-state index contributed by atoms with van der Waals surface area (Å²) in [7, 11) is 0. The van der Waals surface area contributed by atoms with E-state index in [0.717, 1.165) is 30.6 Å². The van der Waals surface area contributed by atoms with Crippen LogP contribution in [0.2, 0.25) is 0 Å². The highest BCUT2D eigenvalue weighted by Gasteiger charge is 2.31. The van der Waals surface area contributed by atoms with Gasteiger partial charge in [0.2, 0.25) is 6.29 Å². The summed E-state index contributed by atoms with van der Waals surface area (Å²) in [5, 5.41) is 4.21. The normalized spacial score (nSPS) is 20.9. The summed E-state index contributed by atoms with van der Waals surface area (Å²) in [6, 6.07) is 6.25. The van der Waals surface area contributed by atoms with Crippen molar-refractivity contribution in [2.24, 2.45) is 4.99 Å². The number of rotatable bonds is 4. The third kappa shape index (κ3) is 3.30. The third-order valence-corrected chi connectivity index (χ3v) is 6.64. The van der Waals surface area contributed by atoms with Crippen molar-refractivity contribution in [3.05, 3.63) is 52.8 Å². The summed E-state index contributed by atoms with van der Waals surface area (Å²) >= 11 is 1.61. The second kappa shape index (κ2) is 7.33. The maximum Gasteiger partial charge on any atom is 0.208 e. The SMILES string of the molecule is FSN1NC(Sc2cccnc2)=NC1Nc1c2c(cc3c1CCC3)CCC2. The van der Waals surface area contributed by atoms with E-state index in [1.165, 1.54) is 57.0 Å². The van der Waals surface area contributed by atoms with Crippen LogP contribution in [0.3, 0.4) is 0 Å². The van der Waals surface area contributed by atoms with Gasteiger partial charge in [0, 0.05) is 23.0 Å². The second-order valence-electron chi connectivity index (χ2n) is 6.98. The molecule has 1 aliphatic heterocycles. The molecule has 0 fully saturated rings. The van der Waals surface area contributed by atoms with E-state index in [4.69, 9.17) is 0 Å². The molecule has 27 heavy (non-hydrogen) atoms. The molecular formula is C19H20FN5S2. The van der Waals surface area contributed by atoms with Gasteiger partial charge in [0.1, 0.15) is 0 Å². The van der Waals surface area contributed by atoms with Crippen LogP contribution < -0.4 is 10.7 Å². The van der Waals surface area contributed by atoms with E-state index >= 15 is 0 Å². The van der Waals surface area contributed by atoms with Crippen molar-refractivity contribution in [3.8, 4) is 0 Å². The summed E-state index contributed by atoms with van der Waals surface area (Å²) in [5.74, 6) is 0. The zero-order valence-electron chi connectivity index (χ0n) is 14.7. The molecule has 1 aromatic heterocycles. The molecule has 5 rings (SSSR count). The van der Waals surface area contributed by atoms with Gasteiger partial charge in [-0.05, 0) is 84.7 Å². The first-order chi connectivity index (χ1) is 13.3. The minimum atomic E-state index is -0.476. The standard InChI is InChI=1S/C19H20FN5S2/c20-27-25-18(23-19(24-25)26-14-6-3-9-21-11-14)22-17-15-7-1-4-12(15)10-13-5-2-8-16(13)17/h3,6,9-11,18,22H,1-2,4-5,7-8H2,(H,23,24). The number of hydrogen-bond donors (Lipinski definition) is 2. The lowest BCUT2D eigenvalue weighted by Crippen LogP contribution is -2.38. The Labute approximate surface area is 166 Å². The molecule has 2 N–H and O–H groups in total. The predicted octanol–water partition coefficient (Wildman–Crippen LogP) is 4.26. The highest BCUT2D eigenvalue weighted by Crippen LogP contribution is 2.39. The van der Waals surface area contributed by atoms with Crippen LogP contribution in [0, 0.1) is 0 Å². The number of aromatic nitrogens is 1. The number of thioether (sulfide) groups is 1. The van der Waals surface area contributed by atoms with E-state index in [2.05, 4.69) is 26.8 Å². The number of amidine groups is 1. The molecule has 2 heterocycles. The van der Waals surface area contributed by atoms with Crippen LogP contribution in [0.1, 0.15) is 35.1 Å². The minimum Gasteiger partial charge on any atom is -0.349 e. The lowest BCUT2D eigenvalue weighted by atomic mass is 9.99. The number of benzene rings is 1. The summed E-state index contributed by atoms with van der Waals surface area (Å²) < 4.78 is 15.0. The van der Waals surface area contributed by atoms with E-state index in [-0.39, 0.29) is 12.3 Å². The lowest BCUT2D eigenvalue weighted by molar-refractivity contribution is 0.382. The van der Waals surface area contributed by atoms with Crippen LogP contribution >= 0.6 is 24.1 Å². The van der Waals surface area contributed by atoms with Gasteiger partial charge in [-0.1, -0.05) is 10.5 Å². The van der Waals surface area contributed by atoms with Crippen LogP contribution in [0.15, 0.2) is 40.5 Å². The molecule has 0 radical (unpaired) electrons. The van der Waals surface area contributed by atoms with Gasteiger partial charge in [-0.25, -0.2) is 4.99 Å². The number of nitrogens with zero attached hydrogens (tertiary/aromatic N) is 3. The van der Waals surface area contributed by atoms with Crippen molar-refractivity contribution in [2.45, 2.75) is 49.7 Å². The molecule has 0 spiro atoms. The summed E-state index contributed by atoms with van der Waals surface area (Å²) in [4.78, 5) is 9.76. The van der Waals surface area contributed by atoms with Crippen LogP contribution in [0.4, 0.5) is 9.57 Å². The second-order valence-corrected chi connectivity index (χ2v) is 8.58. The molecule has 0 saturated heterocycles. The molecule has 3 aliphatic rings. The van der Waals surface area contributed by atoms with Gasteiger partial charge in [-0.3, -0.25) is 10.4 Å². The maximum absolute atomic E-state index is 13.6. The average Bonchev–Trinajstić information content (AvgIpc) is 3.41. The molecule has 2 aromatic rings. The molecule has 0 amide bonds. The number of hydrogen-bond acceptors (Lipinski definition) is 7. The fourth-order valence-electron chi connectivity index (χ4n) is 4.18. The first-order valence-electron chi connectivity index (χ1n) is 9.25. The van der Waals surface area contributed by atoms with E-state index in [1.54, 1.807) is 12.4 Å². The molecule has 0 saturated carbocycles. The molecule has 8 heteroatoms. The van der Waals surface area contributed by atoms with Crippen molar-refractivity contribution >= 4 is 35.0 Å². The predicted molar refractivity (Wildman–Crippen MR) is 109 cm³/mol. The van der Waals surface area contributed by atoms with Crippen molar-refractivity contribution < 1.29 is 3.89 Å². The van der Waals surface area contributed by atoms with Gasteiger partial charge in [0.15, 0.2) is 17.5 Å². The average molecular weight is 402 g/mol. The molecule has 1 unspecified atom stereocenters. The number of nitrogens with one attached hydrogen (secondary N) is 2. The van der Waals surface area contributed by atoms with Crippen molar-refractivity contribution in [1.82, 2.24) is 14.8 Å². The van der Waals surface area contributed by atoms with E-state index in [1.807, 2.05) is 12.1 Å². The molecule has 5 nitrogen and oxygen atoms in total. The molecule has 140 valence electrons. The monoisotopic (exact) mass is 401 g/mol. The summed E-state index contributed by atoms with van der Waals surface area (Å²) in [6.07, 6.45) is 9.91. The van der Waals surface area contributed by atoms with Crippen LogP contribution in [-0.4, -0.2) is 20.9 Å². The first kappa shape index (κ1) is 17.3. The Balaban J connectivity index is 1.43. The maximum atomic E-state index is 13.6. The largest absolute Gasteiger partial charge is 0.349 e. The number of fused-ring (bicyclic) bond motifs is 2. The molecular weight excluding hydrogens is 381 g/mol. The van der Waals surface area contributed by atoms with Gasteiger partial charge in [0.05, 0.1) is 0 Å². The Morgan fingerprint density at radius 3 is 2.59 bits per heavy atom.